The quantitative estimate of drug-likeness (QED) is 0.428. The third-order valence-corrected chi connectivity index (χ3v) is 2.86. The summed E-state index contributed by atoms with van der Waals surface area (Å²) in [5.41, 5.74) is 5.77. The number of hydrogen-bond acceptors (Lipinski definition) is 5. The lowest BCUT2D eigenvalue weighted by atomic mass is 10.2. The fraction of sp³-hybridized carbons (Fsp3) is 0. The largest absolute Gasteiger partial charge is 0.506 e. The second-order valence-corrected chi connectivity index (χ2v) is 3.67. The number of rotatable bonds is 1. The summed E-state index contributed by atoms with van der Waals surface area (Å²) in [7, 11) is 0. The van der Waals surface area contributed by atoms with Crippen LogP contribution in [0.25, 0.3) is 10.1 Å². The van der Waals surface area contributed by atoms with Gasteiger partial charge in [-0.2, -0.15) is 0 Å². The number of nitrogens with two attached hydrogens (primary N) is 1. The number of fused-ring (bicyclic) bond motifs is 1. The van der Waals surface area contributed by atoms with Crippen LogP contribution in [0.1, 0.15) is 0 Å². The topological polar surface area (TPSA) is 89.4 Å². The Morgan fingerprint density at radius 1 is 1.50 bits per heavy atom. The number of anilines is 1. The van der Waals surface area contributed by atoms with Crippen LogP contribution in [0.2, 0.25) is 0 Å². The maximum absolute atomic E-state index is 10.6. The van der Waals surface area contributed by atoms with Crippen molar-refractivity contribution < 1.29 is 10.0 Å². The van der Waals surface area contributed by atoms with Crippen molar-refractivity contribution in [1.29, 1.82) is 0 Å². The average Bonchev–Trinajstić information content (AvgIpc) is 2.47. The van der Waals surface area contributed by atoms with E-state index in [4.69, 9.17) is 5.73 Å². The number of thiophene rings is 1. The Morgan fingerprint density at radius 3 is 2.86 bits per heavy atom. The average molecular weight is 210 g/mol. The second-order valence-electron chi connectivity index (χ2n) is 2.79. The molecule has 72 valence electrons. The number of phenols is 1. The highest BCUT2D eigenvalue weighted by Gasteiger charge is 2.16. The van der Waals surface area contributed by atoms with E-state index in [2.05, 4.69) is 0 Å². The van der Waals surface area contributed by atoms with Gasteiger partial charge in [-0.3, -0.25) is 10.1 Å². The van der Waals surface area contributed by atoms with Gasteiger partial charge in [-0.15, -0.1) is 11.3 Å². The van der Waals surface area contributed by atoms with Gasteiger partial charge in [-0.25, -0.2) is 0 Å². The van der Waals surface area contributed by atoms with Gasteiger partial charge in [0.1, 0.15) is 5.75 Å². The molecule has 6 heteroatoms. The summed E-state index contributed by atoms with van der Waals surface area (Å²) in [6.45, 7) is 0. The van der Waals surface area contributed by atoms with E-state index in [1.165, 1.54) is 17.5 Å². The minimum atomic E-state index is -0.488. The zero-order valence-corrected chi connectivity index (χ0v) is 7.75. The Morgan fingerprint density at radius 2 is 2.21 bits per heavy atom. The Kier molecular flexibility index (Phi) is 1.78. The Hall–Kier alpha value is -1.82. The molecule has 14 heavy (non-hydrogen) atoms. The number of benzene rings is 1. The molecule has 0 aliphatic carbocycles. The Balaban J connectivity index is 2.85. The molecule has 1 aromatic heterocycles. The first-order valence-electron chi connectivity index (χ1n) is 3.73. The van der Waals surface area contributed by atoms with Crippen LogP contribution in [-0.4, -0.2) is 10.0 Å². The molecule has 5 nitrogen and oxygen atoms in total. The lowest BCUT2D eigenvalue weighted by Crippen LogP contribution is -1.87. The molecule has 0 spiro atoms. The monoisotopic (exact) mass is 210 g/mol. The highest BCUT2D eigenvalue weighted by Crippen LogP contribution is 2.38. The van der Waals surface area contributed by atoms with Crippen molar-refractivity contribution in [3.05, 3.63) is 27.6 Å². The van der Waals surface area contributed by atoms with Crippen molar-refractivity contribution in [2.75, 3.05) is 5.73 Å². The van der Waals surface area contributed by atoms with E-state index in [9.17, 15) is 15.2 Å². The molecule has 1 heterocycles. The molecule has 0 radical (unpaired) electrons. The summed E-state index contributed by atoms with van der Waals surface area (Å²) in [6.07, 6.45) is 0. The van der Waals surface area contributed by atoms with E-state index in [0.717, 1.165) is 11.3 Å². The highest BCUT2D eigenvalue weighted by atomic mass is 32.1. The van der Waals surface area contributed by atoms with Crippen LogP contribution in [0.5, 0.6) is 5.75 Å². The molecule has 0 fully saturated rings. The van der Waals surface area contributed by atoms with Crippen molar-refractivity contribution in [2.45, 2.75) is 0 Å². The van der Waals surface area contributed by atoms with E-state index in [1.54, 1.807) is 0 Å². The van der Waals surface area contributed by atoms with Crippen molar-refractivity contribution in [3.8, 4) is 5.75 Å². The zero-order valence-electron chi connectivity index (χ0n) is 6.93. The van der Waals surface area contributed by atoms with Crippen LogP contribution in [0, 0.1) is 10.1 Å². The van der Waals surface area contributed by atoms with Gasteiger partial charge in [0.2, 0.25) is 0 Å². The summed E-state index contributed by atoms with van der Waals surface area (Å²) in [6, 6.07) is 2.87. The van der Waals surface area contributed by atoms with Gasteiger partial charge >= 0.3 is 0 Å². The molecule has 0 bridgehead atoms. The summed E-state index contributed by atoms with van der Waals surface area (Å²) in [5, 5.41) is 21.8. The number of hydrogen-bond donors (Lipinski definition) is 2. The summed E-state index contributed by atoms with van der Waals surface area (Å²) in [5.74, 6) is -0.0156. The van der Waals surface area contributed by atoms with Gasteiger partial charge in [0.05, 0.1) is 20.4 Å². The smallest absolute Gasteiger partial charge is 0.288 e. The molecule has 1 aromatic carbocycles. The van der Waals surface area contributed by atoms with Gasteiger partial charge in [-0.05, 0) is 6.07 Å². The molecule has 0 saturated heterocycles. The highest BCUT2D eigenvalue weighted by molar-refractivity contribution is 7.18. The SMILES string of the molecule is Nc1cc(O)c2scc([N+](=O)[O-])c2c1. The van der Waals surface area contributed by atoms with Crippen molar-refractivity contribution in [2.24, 2.45) is 0 Å². The first kappa shape index (κ1) is 8.76. The van der Waals surface area contributed by atoms with Crippen molar-refractivity contribution in [3.63, 3.8) is 0 Å². The third kappa shape index (κ3) is 1.16. The van der Waals surface area contributed by atoms with Crippen LogP contribution < -0.4 is 5.73 Å². The molecule has 0 amide bonds. The molecule has 0 unspecified atom stereocenters. The van der Waals surface area contributed by atoms with Crippen LogP contribution in [-0.2, 0) is 0 Å². The lowest BCUT2D eigenvalue weighted by Gasteiger charge is -1.96. The third-order valence-electron chi connectivity index (χ3n) is 1.85. The molecule has 0 aliphatic heterocycles. The molecule has 0 saturated carbocycles. The maximum atomic E-state index is 10.6. The lowest BCUT2D eigenvalue weighted by molar-refractivity contribution is -0.382. The van der Waals surface area contributed by atoms with Crippen molar-refractivity contribution in [1.82, 2.24) is 0 Å². The van der Waals surface area contributed by atoms with Crippen molar-refractivity contribution >= 4 is 32.8 Å². The van der Waals surface area contributed by atoms with E-state index in [-0.39, 0.29) is 11.4 Å². The fourth-order valence-corrected chi connectivity index (χ4v) is 2.18. The molecule has 2 rings (SSSR count). The van der Waals surface area contributed by atoms with Gasteiger partial charge in [0.15, 0.2) is 0 Å². The van der Waals surface area contributed by atoms with E-state index in [1.807, 2.05) is 0 Å². The standard InChI is InChI=1S/C8H6N2O3S/c9-4-1-5-6(10(12)13)3-14-8(5)7(11)2-4/h1-3,11H,9H2. The predicted octanol–water partition coefficient (Wildman–Crippen LogP) is 2.10. The van der Waals surface area contributed by atoms with Gasteiger partial charge in [0.25, 0.3) is 5.69 Å². The summed E-state index contributed by atoms with van der Waals surface area (Å²) in [4.78, 5) is 10.1. The molecule has 0 aliphatic rings. The summed E-state index contributed by atoms with van der Waals surface area (Å²) >= 11 is 1.13. The molecule has 3 N–H and O–H groups in total. The van der Waals surface area contributed by atoms with Gasteiger partial charge in [-0.1, -0.05) is 0 Å². The minimum Gasteiger partial charge on any atom is -0.506 e. The Labute approximate surface area is 82.5 Å². The van der Waals surface area contributed by atoms with E-state index in [0.29, 0.717) is 15.8 Å². The first-order valence-corrected chi connectivity index (χ1v) is 4.61. The molecular formula is C8H6N2O3S. The summed E-state index contributed by atoms with van der Waals surface area (Å²) < 4.78 is 0.492. The number of nitrogens with zero attached hydrogens (tertiary/aromatic N) is 1. The van der Waals surface area contributed by atoms with Crippen LogP contribution in [0.15, 0.2) is 17.5 Å². The fourth-order valence-electron chi connectivity index (χ4n) is 1.27. The molecule has 2 aromatic rings. The van der Waals surface area contributed by atoms with E-state index >= 15 is 0 Å². The van der Waals surface area contributed by atoms with E-state index < -0.39 is 4.92 Å². The minimum absolute atomic E-state index is 0.0156. The maximum Gasteiger partial charge on any atom is 0.288 e. The normalized spacial score (nSPS) is 10.6. The Bertz CT molecular complexity index is 521. The van der Waals surface area contributed by atoms with Crippen LogP contribution in [0.3, 0.4) is 0 Å². The predicted molar refractivity (Wildman–Crippen MR) is 54.6 cm³/mol. The second kappa shape index (κ2) is 2.85. The zero-order chi connectivity index (χ0) is 10.3. The number of aromatic hydroxyl groups is 1. The van der Waals surface area contributed by atoms with Crippen LogP contribution in [0.4, 0.5) is 11.4 Å². The number of nitro groups is 1. The van der Waals surface area contributed by atoms with Gasteiger partial charge < -0.3 is 10.8 Å². The molecular weight excluding hydrogens is 204 g/mol. The first-order chi connectivity index (χ1) is 6.59. The van der Waals surface area contributed by atoms with Gasteiger partial charge in [0, 0.05) is 11.8 Å². The number of nitrogen functional groups attached to an aromatic ring is 1. The van der Waals surface area contributed by atoms with Crippen LogP contribution >= 0.6 is 11.3 Å². The molecule has 0 atom stereocenters. The number of phenolic OH excluding ortho intramolecular Hbond substituents is 1.